The Balaban J connectivity index is 1.71. The lowest BCUT2D eigenvalue weighted by Crippen LogP contribution is -2.00. The molecule has 0 N–H and O–H groups in total. The van der Waals surface area contributed by atoms with Crippen LogP contribution in [0.1, 0.15) is 0 Å². The number of hydrogen-bond acceptors (Lipinski definition) is 2. The molecule has 4 aromatic heterocycles. The summed E-state index contributed by atoms with van der Waals surface area (Å²) in [5.74, 6) is 0.926. The summed E-state index contributed by atoms with van der Waals surface area (Å²) < 4.78 is 7.47. The summed E-state index contributed by atoms with van der Waals surface area (Å²) in [6, 6.07) is 43.4. The molecule has 3 nitrogen and oxygen atoms in total. The molecular formula is C35H21N3S. The molecule has 0 aliphatic carbocycles. The second-order valence-electron chi connectivity index (χ2n) is 9.98. The van der Waals surface area contributed by atoms with E-state index in [9.17, 15) is 0 Å². The molecule has 9 aromatic rings. The highest BCUT2D eigenvalue weighted by molar-refractivity contribution is 7.27. The maximum atomic E-state index is 4.86. The van der Waals surface area contributed by atoms with Crippen LogP contribution in [0.25, 0.3) is 75.3 Å². The molecule has 0 saturated carbocycles. The van der Waals surface area contributed by atoms with Crippen LogP contribution in [0.15, 0.2) is 128 Å². The van der Waals surface area contributed by atoms with Gasteiger partial charge in [-0.05, 0) is 42.5 Å². The molecule has 4 heteroatoms. The molecule has 0 bridgehead atoms. The Labute approximate surface area is 227 Å². The topological polar surface area (TPSA) is 22.8 Å². The fourth-order valence-electron chi connectivity index (χ4n) is 6.45. The molecule has 0 aliphatic heterocycles. The van der Waals surface area contributed by atoms with Crippen LogP contribution in [0.4, 0.5) is 0 Å². The van der Waals surface area contributed by atoms with Crippen LogP contribution in [-0.4, -0.2) is 14.1 Å². The molecule has 182 valence electrons. The van der Waals surface area contributed by atoms with Gasteiger partial charge in [0.2, 0.25) is 0 Å². The van der Waals surface area contributed by atoms with E-state index < -0.39 is 0 Å². The molecule has 39 heavy (non-hydrogen) atoms. The summed E-state index contributed by atoms with van der Waals surface area (Å²) in [5, 5.41) is 7.77. The first-order chi connectivity index (χ1) is 19.4. The summed E-state index contributed by atoms with van der Waals surface area (Å²) in [5.41, 5.74) is 5.95. The molecule has 0 amide bonds. The zero-order valence-corrected chi connectivity index (χ0v) is 21.7. The van der Waals surface area contributed by atoms with Crippen molar-refractivity contribution in [3.63, 3.8) is 0 Å². The summed E-state index contributed by atoms with van der Waals surface area (Å²) in [6.07, 6.45) is 1.89. The average molecular weight is 516 g/mol. The largest absolute Gasteiger partial charge is 0.307 e. The predicted octanol–water partition coefficient (Wildman–Crippen LogP) is 9.64. The fraction of sp³-hybridized carbons (Fsp3) is 0. The quantitative estimate of drug-likeness (QED) is 0.225. The van der Waals surface area contributed by atoms with Crippen LogP contribution in [-0.2, 0) is 0 Å². The smallest absolute Gasteiger partial charge is 0.137 e. The van der Waals surface area contributed by atoms with Crippen LogP contribution >= 0.6 is 11.3 Å². The highest BCUT2D eigenvalue weighted by Crippen LogP contribution is 2.50. The lowest BCUT2D eigenvalue weighted by Gasteiger charge is -2.12. The van der Waals surface area contributed by atoms with Gasteiger partial charge in [0, 0.05) is 53.6 Å². The number of pyridine rings is 1. The maximum Gasteiger partial charge on any atom is 0.137 e. The van der Waals surface area contributed by atoms with Crippen LogP contribution < -0.4 is 0 Å². The van der Waals surface area contributed by atoms with Crippen molar-refractivity contribution in [1.29, 1.82) is 0 Å². The third-order valence-corrected chi connectivity index (χ3v) is 9.13. The molecule has 0 atom stereocenters. The van der Waals surface area contributed by atoms with Gasteiger partial charge < -0.3 is 4.57 Å². The van der Waals surface area contributed by atoms with Gasteiger partial charge in [0.05, 0.1) is 22.1 Å². The van der Waals surface area contributed by atoms with E-state index >= 15 is 0 Å². The molecular weight excluding hydrogens is 494 g/mol. The second-order valence-corrected chi connectivity index (χ2v) is 11.0. The number of thiophene rings is 1. The Bertz CT molecular complexity index is 2370. The van der Waals surface area contributed by atoms with Crippen LogP contribution in [0.2, 0.25) is 0 Å². The van der Waals surface area contributed by atoms with Gasteiger partial charge >= 0.3 is 0 Å². The minimum absolute atomic E-state index is 0.926. The Hall–Kier alpha value is -4.93. The van der Waals surface area contributed by atoms with Gasteiger partial charge in [0.15, 0.2) is 0 Å². The van der Waals surface area contributed by atoms with Gasteiger partial charge in [-0.15, -0.1) is 11.3 Å². The third-order valence-electron chi connectivity index (χ3n) is 7.94. The number of fused-ring (bicyclic) bond motifs is 12. The Morgan fingerprint density at radius 1 is 0.487 bits per heavy atom. The van der Waals surface area contributed by atoms with Gasteiger partial charge in [-0.25, -0.2) is 4.98 Å². The zero-order valence-electron chi connectivity index (χ0n) is 20.9. The Morgan fingerprint density at radius 3 is 1.87 bits per heavy atom. The number of benzene rings is 5. The van der Waals surface area contributed by atoms with Crippen molar-refractivity contribution in [3.05, 3.63) is 128 Å². The van der Waals surface area contributed by atoms with E-state index in [0.717, 1.165) is 11.5 Å². The van der Waals surface area contributed by atoms with E-state index in [-0.39, 0.29) is 0 Å². The molecule has 5 aromatic carbocycles. The van der Waals surface area contributed by atoms with Crippen molar-refractivity contribution in [2.45, 2.75) is 0 Å². The summed E-state index contributed by atoms with van der Waals surface area (Å²) in [4.78, 5) is 4.86. The molecule has 0 fully saturated rings. The van der Waals surface area contributed by atoms with Crippen molar-refractivity contribution in [1.82, 2.24) is 14.1 Å². The standard InChI is InChI=1S/C35H21N3S/c1-2-12-22(13-3-1)37-26-17-7-4-14-23(26)30-31-25-16-6-9-19-28(25)39-35(31)32-24-15-5-8-18-27(24)38(34(32)33(30)37)29-20-10-11-21-36-29/h1-21H. The van der Waals surface area contributed by atoms with Crippen LogP contribution in [0.5, 0.6) is 0 Å². The third kappa shape index (κ3) is 2.73. The number of hydrogen-bond donors (Lipinski definition) is 0. The Kier molecular flexibility index (Phi) is 4.21. The minimum Gasteiger partial charge on any atom is -0.307 e. The van der Waals surface area contributed by atoms with Crippen molar-refractivity contribution in [2.75, 3.05) is 0 Å². The van der Waals surface area contributed by atoms with Crippen molar-refractivity contribution >= 4 is 75.1 Å². The second kappa shape index (κ2) is 7.79. The predicted molar refractivity (Wildman–Crippen MR) is 166 cm³/mol. The highest BCUT2D eigenvalue weighted by Gasteiger charge is 2.26. The lowest BCUT2D eigenvalue weighted by molar-refractivity contribution is 1.08. The first kappa shape index (κ1) is 21.1. The summed E-state index contributed by atoms with van der Waals surface area (Å²) in [7, 11) is 0. The van der Waals surface area contributed by atoms with Crippen molar-refractivity contribution in [3.8, 4) is 11.5 Å². The zero-order chi connectivity index (χ0) is 25.5. The van der Waals surface area contributed by atoms with E-state index in [2.05, 4.69) is 124 Å². The molecule has 0 radical (unpaired) electrons. The Morgan fingerprint density at radius 2 is 1.10 bits per heavy atom. The average Bonchev–Trinajstić information content (AvgIpc) is 3.66. The normalized spacial score (nSPS) is 12.1. The molecule has 9 rings (SSSR count). The maximum absolute atomic E-state index is 4.86. The molecule has 0 unspecified atom stereocenters. The van der Waals surface area contributed by atoms with E-state index in [0.29, 0.717) is 0 Å². The first-order valence-corrected chi connectivity index (χ1v) is 14.0. The summed E-state index contributed by atoms with van der Waals surface area (Å²) >= 11 is 1.90. The van der Waals surface area contributed by atoms with E-state index in [1.807, 2.05) is 23.6 Å². The van der Waals surface area contributed by atoms with Gasteiger partial charge in [0.25, 0.3) is 0 Å². The van der Waals surface area contributed by atoms with E-state index in [4.69, 9.17) is 4.98 Å². The van der Waals surface area contributed by atoms with Gasteiger partial charge in [-0.2, -0.15) is 0 Å². The summed E-state index contributed by atoms with van der Waals surface area (Å²) in [6.45, 7) is 0. The van der Waals surface area contributed by atoms with Gasteiger partial charge in [0.1, 0.15) is 5.82 Å². The first-order valence-electron chi connectivity index (χ1n) is 13.2. The van der Waals surface area contributed by atoms with Gasteiger partial charge in [-0.1, -0.05) is 78.9 Å². The SMILES string of the molecule is c1ccc(-n2c3ccccc3c3c4c5ccccc5sc4c4c5ccccc5n(-c5ccccn5)c4c32)cc1. The van der Waals surface area contributed by atoms with Crippen LogP contribution in [0, 0.1) is 0 Å². The number of aromatic nitrogens is 3. The van der Waals surface area contributed by atoms with Crippen molar-refractivity contribution in [2.24, 2.45) is 0 Å². The van der Waals surface area contributed by atoms with E-state index in [1.54, 1.807) is 0 Å². The lowest BCUT2D eigenvalue weighted by atomic mass is 10.0. The monoisotopic (exact) mass is 515 g/mol. The molecule has 0 aliphatic rings. The van der Waals surface area contributed by atoms with E-state index in [1.165, 1.54) is 63.8 Å². The molecule has 4 heterocycles. The van der Waals surface area contributed by atoms with Crippen LogP contribution in [0.3, 0.4) is 0 Å². The molecule has 0 saturated heterocycles. The number of para-hydroxylation sites is 3. The fourth-order valence-corrected chi connectivity index (χ4v) is 7.72. The highest BCUT2D eigenvalue weighted by atomic mass is 32.1. The number of nitrogens with zero attached hydrogens (tertiary/aromatic N) is 3. The molecule has 0 spiro atoms. The minimum atomic E-state index is 0.926. The number of rotatable bonds is 2. The van der Waals surface area contributed by atoms with Gasteiger partial charge in [-0.3, -0.25) is 4.57 Å². The van der Waals surface area contributed by atoms with Crippen molar-refractivity contribution < 1.29 is 0 Å².